The second kappa shape index (κ2) is 7.37. The van der Waals surface area contributed by atoms with E-state index in [1.807, 2.05) is 0 Å². The van der Waals surface area contributed by atoms with E-state index in [0.29, 0.717) is 10.6 Å². The Morgan fingerprint density at radius 3 is 2.36 bits per heavy atom. The van der Waals surface area contributed by atoms with Gasteiger partial charge >= 0.3 is 11.9 Å². The summed E-state index contributed by atoms with van der Waals surface area (Å²) in [5, 5.41) is 9.68. The highest BCUT2D eigenvalue weighted by Crippen LogP contribution is 2.30. The van der Waals surface area contributed by atoms with E-state index >= 15 is 0 Å². The van der Waals surface area contributed by atoms with Crippen molar-refractivity contribution >= 4 is 11.6 Å². The molecule has 0 saturated heterocycles. The number of benzene rings is 2. The van der Waals surface area contributed by atoms with Crippen molar-refractivity contribution in [1.82, 2.24) is 9.13 Å². The van der Waals surface area contributed by atoms with Crippen LogP contribution in [0.5, 0.6) is 0 Å². The van der Waals surface area contributed by atoms with Crippen molar-refractivity contribution in [1.29, 1.82) is 5.26 Å². The highest BCUT2D eigenvalue weighted by atomic mass is 35.5. The van der Waals surface area contributed by atoms with E-state index in [4.69, 9.17) is 11.6 Å². The maximum atomic E-state index is 13.0. The van der Waals surface area contributed by atoms with E-state index in [-0.39, 0.29) is 17.8 Å². The molecule has 3 rings (SSSR count). The molecule has 1 aromatic heterocycles. The molecule has 3 aromatic rings. The van der Waals surface area contributed by atoms with E-state index < -0.39 is 23.0 Å². The third kappa shape index (κ3) is 3.85. The number of rotatable bonds is 3. The minimum Gasteiger partial charge on any atom is -0.268 e. The Bertz CT molecular complexity index is 1190. The molecular weight excluding hydrogens is 395 g/mol. The number of nitrogens with zero attached hydrogens (tertiary/aromatic N) is 3. The Kier molecular flexibility index (Phi) is 5.12. The molecule has 0 atom stereocenters. The molecule has 0 bridgehead atoms. The average molecular weight is 406 g/mol. The van der Waals surface area contributed by atoms with Gasteiger partial charge in [0.1, 0.15) is 11.6 Å². The molecule has 28 heavy (non-hydrogen) atoms. The predicted molar refractivity (Wildman–Crippen MR) is 96.6 cm³/mol. The van der Waals surface area contributed by atoms with Gasteiger partial charge in [0.15, 0.2) is 0 Å². The third-order valence-corrected chi connectivity index (χ3v) is 4.25. The first-order valence-electron chi connectivity index (χ1n) is 7.89. The lowest BCUT2D eigenvalue weighted by Crippen LogP contribution is -2.40. The summed E-state index contributed by atoms with van der Waals surface area (Å²) in [6.07, 6.45) is -3.66. The minimum atomic E-state index is -4.60. The van der Waals surface area contributed by atoms with Crippen molar-refractivity contribution in [2.24, 2.45) is 0 Å². The Balaban J connectivity index is 2.19. The van der Waals surface area contributed by atoms with Crippen LogP contribution in [0, 0.1) is 11.3 Å². The SMILES string of the molecule is N#Cc1cn(-c2cccc(C(F)(F)F)c2)c(=O)n(Cc2ccc(Cl)cc2)c1=O. The number of nitriles is 1. The van der Waals surface area contributed by atoms with Gasteiger partial charge in [-0.3, -0.25) is 13.9 Å². The van der Waals surface area contributed by atoms with Gasteiger partial charge in [0, 0.05) is 11.2 Å². The van der Waals surface area contributed by atoms with Crippen molar-refractivity contribution in [2.75, 3.05) is 0 Å². The van der Waals surface area contributed by atoms with Gasteiger partial charge in [-0.05, 0) is 35.9 Å². The molecule has 2 aromatic carbocycles. The van der Waals surface area contributed by atoms with Crippen molar-refractivity contribution in [2.45, 2.75) is 12.7 Å². The molecule has 0 saturated carbocycles. The minimum absolute atomic E-state index is 0.110. The van der Waals surface area contributed by atoms with Crippen molar-refractivity contribution in [3.05, 3.63) is 97.3 Å². The Labute approximate surface area is 161 Å². The number of alkyl halides is 3. The highest BCUT2D eigenvalue weighted by molar-refractivity contribution is 6.30. The van der Waals surface area contributed by atoms with Crippen LogP contribution in [0.2, 0.25) is 5.02 Å². The van der Waals surface area contributed by atoms with Gasteiger partial charge < -0.3 is 0 Å². The van der Waals surface area contributed by atoms with Crippen molar-refractivity contribution in [3.8, 4) is 11.8 Å². The zero-order valence-electron chi connectivity index (χ0n) is 14.1. The maximum absolute atomic E-state index is 13.0. The quantitative estimate of drug-likeness (QED) is 0.668. The van der Waals surface area contributed by atoms with Gasteiger partial charge in [0.05, 0.1) is 17.8 Å². The predicted octanol–water partition coefficient (Wildman–Crippen LogP) is 3.59. The van der Waals surface area contributed by atoms with Crippen molar-refractivity contribution < 1.29 is 13.2 Å². The molecule has 0 radical (unpaired) electrons. The zero-order chi connectivity index (χ0) is 20.5. The Morgan fingerprint density at radius 2 is 1.75 bits per heavy atom. The topological polar surface area (TPSA) is 67.8 Å². The Morgan fingerprint density at radius 1 is 1.07 bits per heavy atom. The van der Waals surface area contributed by atoms with Crippen LogP contribution >= 0.6 is 11.6 Å². The summed E-state index contributed by atoms with van der Waals surface area (Å²) in [7, 11) is 0. The average Bonchev–Trinajstić information content (AvgIpc) is 2.66. The summed E-state index contributed by atoms with van der Waals surface area (Å²) in [6, 6.07) is 12.1. The summed E-state index contributed by atoms with van der Waals surface area (Å²) >= 11 is 5.81. The van der Waals surface area contributed by atoms with Crippen LogP contribution in [0.1, 0.15) is 16.7 Å². The largest absolute Gasteiger partial charge is 0.416 e. The summed E-state index contributed by atoms with van der Waals surface area (Å²) in [6.45, 7) is -0.163. The lowest BCUT2D eigenvalue weighted by atomic mass is 10.2. The smallest absolute Gasteiger partial charge is 0.268 e. The second-order valence-corrected chi connectivity index (χ2v) is 6.31. The number of hydrogen-bond acceptors (Lipinski definition) is 3. The lowest BCUT2D eigenvalue weighted by Gasteiger charge is -2.13. The van der Waals surface area contributed by atoms with Crippen LogP contribution in [-0.2, 0) is 12.7 Å². The summed E-state index contributed by atoms with van der Waals surface area (Å²) < 4.78 is 40.6. The molecule has 0 amide bonds. The van der Waals surface area contributed by atoms with E-state index in [9.17, 15) is 28.0 Å². The van der Waals surface area contributed by atoms with Crippen LogP contribution in [0.3, 0.4) is 0 Å². The van der Waals surface area contributed by atoms with Crippen LogP contribution in [0.15, 0.2) is 64.3 Å². The second-order valence-electron chi connectivity index (χ2n) is 5.87. The van der Waals surface area contributed by atoms with Crippen LogP contribution in [-0.4, -0.2) is 9.13 Å². The van der Waals surface area contributed by atoms with Gasteiger partial charge in [-0.2, -0.15) is 18.4 Å². The number of aromatic nitrogens is 2. The maximum Gasteiger partial charge on any atom is 0.416 e. The van der Waals surface area contributed by atoms with Crippen LogP contribution in [0.4, 0.5) is 13.2 Å². The monoisotopic (exact) mass is 405 g/mol. The van der Waals surface area contributed by atoms with Gasteiger partial charge in [-0.25, -0.2) is 4.79 Å². The third-order valence-electron chi connectivity index (χ3n) is 4.00. The van der Waals surface area contributed by atoms with Gasteiger partial charge in [0.2, 0.25) is 0 Å². The molecule has 0 aliphatic heterocycles. The van der Waals surface area contributed by atoms with Gasteiger partial charge in [-0.15, -0.1) is 0 Å². The van der Waals surface area contributed by atoms with E-state index in [2.05, 4.69) is 0 Å². The molecule has 1 heterocycles. The molecule has 9 heteroatoms. The molecule has 0 fully saturated rings. The lowest BCUT2D eigenvalue weighted by molar-refractivity contribution is -0.137. The molecular formula is C19H11ClF3N3O2. The fraction of sp³-hybridized carbons (Fsp3) is 0.105. The Hall–Kier alpha value is -3.31. The van der Waals surface area contributed by atoms with Gasteiger partial charge in [-0.1, -0.05) is 29.8 Å². The van der Waals surface area contributed by atoms with Gasteiger partial charge in [0.25, 0.3) is 5.56 Å². The zero-order valence-corrected chi connectivity index (χ0v) is 14.8. The van der Waals surface area contributed by atoms with Crippen LogP contribution < -0.4 is 11.2 Å². The first kappa shape index (κ1) is 19.5. The van der Waals surface area contributed by atoms with E-state index in [1.54, 1.807) is 30.3 Å². The number of halogens is 4. The first-order valence-corrected chi connectivity index (χ1v) is 8.27. The first-order chi connectivity index (χ1) is 13.2. The molecule has 0 aliphatic carbocycles. The molecule has 142 valence electrons. The van der Waals surface area contributed by atoms with Crippen LogP contribution in [0.25, 0.3) is 5.69 Å². The standard InChI is InChI=1S/C19H11ClF3N3O2/c20-15-6-4-12(5-7-15)10-26-17(27)13(9-24)11-25(18(26)28)16-3-1-2-14(8-16)19(21,22)23/h1-8,11H,10H2. The fourth-order valence-electron chi connectivity index (χ4n) is 2.61. The molecule has 0 aliphatic rings. The summed E-state index contributed by atoms with van der Waals surface area (Å²) in [5.74, 6) is 0. The van der Waals surface area contributed by atoms with Crippen molar-refractivity contribution in [3.63, 3.8) is 0 Å². The molecule has 5 nitrogen and oxygen atoms in total. The molecule has 0 N–H and O–H groups in total. The molecule has 0 spiro atoms. The highest BCUT2D eigenvalue weighted by Gasteiger charge is 2.30. The summed E-state index contributed by atoms with van der Waals surface area (Å²) in [4.78, 5) is 25.2. The van der Waals surface area contributed by atoms with E-state index in [0.717, 1.165) is 33.5 Å². The fourth-order valence-corrected chi connectivity index (χ4v) is 2.73. The normalized spacial score (nSPS) is 11.2. The number of hydrogen-bond donors (Lipinski definition) is 0. The summed E-state index contributed by atoms with van der Waals surface area (Å²) in [5.41, 5.74) is -2.56. The van der Waals surface area contributed by atoms with E-state index in [1.165, 1.54) is 6.07 Å². The molecule has 0 unspecified atom stereocenters.